The van der Waals surface area contributed by atoms with Gasteiger partial charge in [0.2, 0.25) is 0 Å². The maximum absolute atomic E-state index is 12.3. The molecule has 2 aromatic rings. The fourth-order valence-corrected chi connectivity index (χ4v) is 2.20. The maximum Gasteiger partial charge on any atom is 0.274 e. The first-order valence-corrected chi connectivity index (χ1v) is 6.95. The van der Waals surface area contributed by atoms with Gasteiger partial charge in [-0.05, 0) is 17.7 Å². The van der Waals surface area contributed by atoms with Crippen LogP contribution in [0.15, 0.2) is 36.4 Å². The third kappa shape index (κ3) is 3.72. The molecule has 6 nitrogen and oxygen atoms in total. The van der Waals surface area contributed by atoms with E-state index in [1.54, 1.807) is 19.2 Å². The number of non-ortho nitro benzene ring substituents is 1. The van der Waals surface area contributed by atoms with Crippen LogP contribution in [0, 0.1) is 10.1 Å². The van der Waals surface area contributed by atoms with Gasteiger partial charge in [0.1, 0.15) is 10.8 Å². The summed E-state index contributed by atoms with van der Waals surface area (Å²) in [5, 5.41) is 11.1. The molecule has 0 atom stereocenters. The van der Waals surface area contributed by atoms with Gasteiger partial charge in [0.05, 0.1) is 9.95 Å². The molecular formula is C14H11Cl2N3O3. The summed E-state index contributed by atoms with van der Waals surface area (Å²) in [6.45, 7) is 0.186. The van der Waals surface area contributed by atoms with Crippen molar-refractivity contribution in [2.24, 2.45) is 0 Å². The molecule has 1 aromatic carbocycles. The lowest BCUT2D eigenvalue weighted by Gasteiger charge is -2.17. The van der Waals surface area contributed by atoms with Crippen molar-refractivity contribution in [3.05, 3.63) is 67.9 Å². The SMILES string of the molecule is CN(Cc1cccc([N+](=O)[O-])c1)C(=O)c1nc(Cl)ccc1Cl. The van der Waals surface area contributed by atoms with Gasteiger partial charge in [-0.1, -0.05) is 35.3 Å². The van der Waals surface area contributed by atoms with Crippen LogP contribution in [0.4, 0.5) is 5.69 Å². The Morgan fingerprint density at radius 1 is 1.32 bits per heavy atom. The number of pyridine rings is 1. The zero-order chi connectivity index (χ0) is 16.3. The van der Waals surface area contributed by atoms with Gasteiger partial charge in [-0.25, -0.2) is 4.98 Å². The summed E-state index contributed by atoms with van der Waals surface area (Å²) in [5.74, 6) is -0.418. The van der Waals surface area contributed by atoms with E-state index in [0.717, 1.165) is 0 Å². The fourth-order valence-electron chi connectivity index (χ4n) is 1.86. The van der Waals surface area contributed by atoms with Crippen LogP contribution in [0.2, 0.25) is 10.2 Å². The second-order valence-corrected chi connectivity index (χ2v) is 5.35. The van der Waals surface area contributed by atoms with E-state index in [0.29, 0.717) is 5.56 Å². The molecule has 0 saturated carbocycles. The topological polar surface area (TPSA) is 76.3 Å². The van der Waals surface area contributed by atoms with Crippen molar-refractivity contribution in [3.8, 4) is 0 Å². The Morgan fingerprint density at radius 2 is 2.05 bits per heavy atom. The highest BCUT2D eigenvalue weighted by molar-refractivity contribution is 6.34. The Labute approximate surface area is 136 Å². The Hall–Kier alpha value is -2.18. The Kier molecular flexibility index (Phi) is 4.95. The largest absolute Gasteiger partial charge is 0.336 e. The molecule has 114 valence electrons. The highest BCUT2D eigenvalue weighted by Crippen LogP contribution is 2.20. The van der Waals surface area contributed by atoms with E-state index < -0.39 is 10.8 Å². The van der Waals surface area contributed by atoms with Crippen LogP contribution < -0.4 is 0 Å². The van der Waals surface area contributed by atoms with E-state index in [2.05, 4.69) is 4.98 Å². The first-order valence-electron chi connectivity index (χ1n) is 6.19. The van der Waals surface area contributed by atoms with Gasteiger partial charge in [0.15, 0.2) is 0 Å². The minimum atomic E-state index is -0.485. The monoisotopic (exact) mass is 339 g/mol. The van der Waals surface area contributed by atoms with E-state index in [4.69, 9.17) is 23.2 Å². The predicted molar refractivity (Wildman–Crippen MR) is 83.2 cm³/mol. The summed E-state index contributed by atoms with van der Waals surface area (Å²) in [5.41, 5.74) is 0.641. The number of benzene rings is 1. The van der Waals surface area contributed by atoms with Crippen molar-refractivity contribution in [2.75, 3.05) is 7.05 Å². The number of aromatic nitrogens is 1. The van der Waals surface area contributed by atoms with Crippen molar-refractivity contribution >= 4 is 34.8 Å². The van der Waals surface area contributed by atoms with Crippen LogP contribution in [-0.4, -0.2) is 27.8 Å². The first-order chi connectivity index (χ1) is 10.4. The number of nitro groups is 1. The molecule has 1 amide bonds. The number of halogens is 2. The first kappa shape index (κ1) is 16.2. The number of nitro benzene ring substituents is 1. The normalized spacial score (nSPS) is 10.3. The summed E-state index contributed by atoms with van der Waals surface area (Å²) in [4.78, 5) is 27.9. The predicted octanol–water partition coefficient (Wildman–Crippen LogP) is 3.57. The molecule has 0 N–H and O–H groups in total. The Bertz CT molecular complexity index is 737. The average molecular weight is 340 g/mol. The Morgan fingerprint density at radius 3 is 2.73 bits per heavy atom. The minimum Gasteiger partial charge on any atom is -0.336 e. The number of rotatable bonds is 4. The lowest BCUT2D eigenvalue weighted by atomic mass is 10.2. The van der Waals surface area contributed by atoms with Crippen molar-refractivity contribution < 1.29 is 9.72 Å². The molecule has 0 saturated heterocycles. The number of carbonyl (C=O) groups is 1. The van der Waals surface area contributed by atoms with Crippen LogP contribution in [0.5, 0.6) is 0 Å². The van der Waals surface area contributed by atoms with Gasteiger partial charge in [0, 0.05) is 25.7 Å². The van der Waals surface area contributed by atoms with E-state index in [1.165, 1.54) is 29.2 Å². The summed E-state index contributed by atoms with van der Waals surface area (Å²) >= 11 is 11.7. The molecule has 1 aromatic heterocycles. The second-order valence-electron chi connectivity index (χ2n) is 4.55. The van der Waals surface area contributed by atoms with Gasteiger partial charge in [-0.15, -0.1) is 0 Å². The van der Waals surface area contributed by atoms with Gasteiger partial charge in [-0.2, -0.15) is 0 Å². The number of hydrogen-bond donors (Lipinski definition) is 0. The molecule has 0 unspecified atom stereocenters. The van der Waals surface area contributed by atoms with Crippen molar-refractivity contribution in [3.63, 3.8) is 0 Å². The third-order valence-corrected chi connectivity index (χ3v) is 3.42. The fraction of sp³-hybridized carbons (Fsp3) is 0.143. The molecule has 8 heteroatoms. The number of amides is 1. The van der Waals surface area contributed by atoms with Crippen LogP contribution in [0.1, 0.15) is 16.1 Å². The van der Waals surface area contributed by atoms with Gasteiger partial charge < -0.3 is 4.90 Å². The summed E-state index contributed by atoms with van der Waals surface area (Å²) in [6.07, 6.45) is 0. The molecule has 0 aliphatic rings. The Balaban J connectivity index is 2.19. The molecule has 0 aliphatic carbocycles. The summed E-state index contributed by atoms with van der Waals surface area (Å²) < 4.78 is 0. The summed E-state index contributed by atoms with van der Waals surface area (Å²) in [7, 11) is 1.56. The lowest BCUT2D eigenvalue weighted by Crippen LogP contribution is -2.27. The molecule has 0 radical (unpaired) electrons. The molecular weight excluding hydrogens is 329 g/mol. The van der Waals surface area contributed by atoms with Crippen molar-refractivity contribution in [1.29, 1.82) is 0 Å². The van der Waals surface area contributed by atoms with Crippen LogP contribution in [0.25, 0.3) is 0 Å². The molecule has 1 heterocycles. The van der Waals surface area contributed by atoms with Gasteiger partial charge in [-0.3, -0.25) is 14.9 Å². The standard InChI is InChI=1S/C14H11Cl2N3O3/c1-18(8-9-3-2-4-10(7-9)19(21)22)14(20)13-11(15)5-6-12(16)17-13/h2-7H,8H2,1H3. The molecule has 2 rings (SSSR count). The lowest BCUT2D eigenvalue weighted by molar-refractivity contribution is -0.384. The van der Waals surface area contributed by atoms with Crippen molar-refractivity contribution in [1.82, 2.24) is 9.88 Å². The van der Waals surface area contributed by atoms with E-state index in [9.17, 15) is 14.9 Å². The number of carbonyl (C=O) groups excluding carboxylic acids is 1. The smallest absolute Gasteiger partial charge is 0.274 e. The minimum absolute atomic E-state index is 0.0303. The quantitative estimate of drug-likeness (QED) is 0.484. The maximum atomic E-state index is 12.3. The third-order valence-electron chi connectivity index (χ3n) is 2.90. The molecule has 22 heavy (non-hydrogen) atoms. The highest BCUT2D eigenvalue weighted by Gasteiger charge is 2.18. The number of hydrogen-bond acceptors (Lipinski definition) is 4. The second kappa shape index (κ2) is 6.72. The summed E-state index contributed by atoms with van der Waals surface area (Å²) in [6, 6.07) is 9.05. The highest BCUT2D eigenvalue weighted by atomic mass is 35.5. The van der Waals surface area contributed by atoms with Crippen molar-refractivity contribution in [2.45, 2.75) is 6.54 Å². The molecule has 0 spiro atoms. The molecule has 0 bridgehead atoms. The van der Waals surface area contributed by atoms with Crippen LogP contribution >= 0.6 is 23.2 Å². The zero-order valence-electron chi connectivity index (χ0n) is 11.5. The van der Waals surface area contributed by atoms with E-state index in [-0.39, 0.29) is 28.1 Å². The van der Waals surface area contributed by atoms with E-state index >= 15 is 0 Å². The van der Waals surface area contributed by atoms with Crippen LogP contribution in [0.3, 0.4) is 0 Å². The zero-order valence-corrected chi connectivity index (χ0v) is 13.0. The molecule has 0 fully saturated rings. The van der Waals surface area contributed by atoms with Crippen LogP contribution in [-0.2, 0) is 6.54 Å². The van der Waals surface area contributed by atoms with Gasteiger partial charge in [0.25, 0.3) is 11.6 Å². The van der Waals surface area contributed by atoms with E-state index in [1.807, 2.05) is 0 Å². The number of nitrogens with zero attached hydrogens (tertiary/aromatic N) is 3. The average Bonchev–Trinajstić information content (AvgIpc) is 2.49. The van der Waals surface area contributed by atoms with Gasteiger partial charge >= 0.3 is 0 Å². The molecule has 0 aliphatic heterocycles.